The van der Waals surface area contributed by atoms with Gasteiger partial charge in [-0.15, -0.1) is 0 Å². The number of nitrogens with one attached hydrogen (secondary N) is 1. The summed E-state index contributed by atoms with van der Waals surface area (Å²) >= 11 is 6.17. The van der Waals surface area contributed by atoms with Crippen molar-refractivity contribution in [3.8, 4) is 11.3 Å². The Bertz CT molecular complexity index is 795. The van der Waals surface area contributed by atoms with E-state index in [0.29, 0.717) is 12.5 Å². The number of halogens is 1. The molecule has 0 spiro atoms. The molecular weight excluding hydrogens is 314 g/mol. The fourth-order valence-corrected chi connectivity index (χ4v) is 2.53. The van der Waals surface area contributed by atoms with Gasteiger partial charge in [0.2, 0.25) is 5.95 Å². The fourth-order valence-electron chi connectivity index (χ4n) is 2.35. The highest BCUT2D eigenvalue weighted by Gasteiger charge is 2.10. The summed E-state index contributed by atoms with van der Waals surface area (Å²) in [7, 11) is 0. The lowest BCUT2D eigenvalue weighted by Gasteiger charge is -2.05. The van der Waals surface area contributed by atoms with E-state index in [1.807, 2.05) is 37.3 Å². The van der Waals surface area contributed by atoms with E-state index in [1.54, 1.807) is 4.68 Å². The zero-order valence-electron chi connectivity index (χ0n) is 13.1. The number of tetrazole rings is 1. The summed E-state index contributed by atoms with van der Waals surface area (Å²) in [6.07, 6.45) is 0.971. The molecule has 23 heavy (non-hydrogen) atoms. The van der Waals surface area contributed by atoms with E-state index in [9.17, 15) is 0 Å². The van der Waals surface area contributed by atoms with Crippen molar-refractivity contribution in [3.63, 3.8) is 0 Å². The number of hydrogen-bond acceptors (Lipinski definition) is 5. The number of benzene rings is 1. The SMILES string of the molecule is CCCn1nnnc1NCc1ccc(-c2cccc(Cl)c2C)o1. The van der Waals surface area contributed by atoms with Crippen LogP contribution < -0.4 is 5.32 Å². The molecule has 0 saturated carbocycles. The van der Waals surface area contributed by atoms with Gasteiger partial charge in [0.15, 0.2) is 0 Å². The Morgan fingerprint density at radius 1 is 1.26 bits per heavy atom. The molecule has 3 rings (SSSR count). The molecular formula is C16H18ClN5O. The van der Waals surface area contributed by atoms with Gasteiger partial charge in [-0.3, -0.25) is 0 Å². The van der Waals surface area contributed by atoms with Gasteiger partial charge in [-0.2, -0.15) is 0 Å². The van der Waals surface area contributed by atoms with Crippen LogP contribution in [0, 0.1) is 6.92 Å². The summed E-state index contributed by atoms with van der Waals surface area (Å²) in [6, 6.07) is 9.68. The number of nitrogens with zero attached hydrogens (tertiary/aromatic N) is 4. The standard InChI is InChI=1S/C16H18ClN5O/c1-3-9-22-16(19-20-21-22)18-10-12-7-8-15(23-12)13-5-4-6-14(17)11(13)2/h4-8H,3,9-10H2,1-2H3,(H,18,19,21). The molecule has 1 N–H and O–H groups in total. The summed E-state index contributed by atoms with van der Waals surface area (Å²) in [6.45, 7) is 5.36. The van der Waals surface area contributed by atoms with Crippen LogP contribution in [0.15, 0.2) is 34.7 Å². The minimum atomic E-state index is 0.518. The maximum atomic E-state index is 6.17. The van der Waals surface area contributed by atoms with Gasteiger partial charge in [-0.1, -0.05) is 35.8 Å². The van der Waals surface area contributed by atoms with Gasteiger partial charge in [0, 0.05) is 17.1 Å². The van der Waals surface area contributed by atoms with Crippen molar-refractivity contribution in [2.75, 3.05) is 5.32 Å². The number of aryl methyl sites for hydroxylation is 1. The van der Waals surface area contributed by atoms with E-state index in [1.165, 1.54) is 0 Å². The van der Waals surface area contributed by atoms with Crippen LogP contribution in [0.25, 0.3) is 11.3 Å². The van der Waals surface area contributed by atoms with Crippen molar-refractivity contribution in [2.45, 2.75) is 33.4 Å². The summed E-state index contributed by atoms with van der Waals surface area (Å²) < 4.78 is 7.65. The predicted octanol–water partition coefficient (Wildman–Crippen LogP) is 3.92. The first kappa shape index (κ1) is 15.6. The Morgan fingerprint density at radius 2 is 2.13 bits per heavy atom. The molecule has 2 aromatic heterocycles. The molecule has 0 radical (unpaired) electrons. The third kappa shape index (κ3) is 3.37. The largest absolute Gasteiger partial charge is 0.459 e. The molecule has 120 valence electrons. The number of furan rings is 1. The van der Waals surface area contributed by atoms with Crippen molar-refractivity contribution in [1.29, 1.82) is 0 Å². The third-order valence-electron chi connectivity index (χ3n) is 3.58. The van der Waals surface area contributed by atoms with Crippen LogP contribution in [-0.2, 0) is 13.1 Å². The maximum absolute atomic E-state index is 6.17. The van der Waals surface area contributed by atoms with E-state index < -0.39 is 0 Å². The van der Waals surface area contributed by atoms with Crippen molar-refractivity contribution < 1.29 is 4.42 Å². The first-order chi connectivity index (χ1) is 11.2. The topological polar surface area (TPSA) is 68.8 Å². The van der Waals surface area contributed by atoms with E-state index >= 15 is 0 Å². The van der Waals surface area contributed by atoms with Gasteiger partial charge in [0.25, 0.3) is 0 Å². The Hall–Kier alpha value is -2.34. The summed E-state index contributed by atoms with van der Waals surface area (Å²) in [4.78, 5) is 0. The highest BCUT2D eigenvalue weighted by Crippen LogP contribution is 2.29. The average Bonchev–Trinajstić information content (AvgIpc) is 3.18. The average molecular weight is 332 g/mol. The van der Waals surface area contributed by atoms with Crippen molar-refractivity contribution >= 4 is 17.5 Å². The van der Waals surface area contributed by atoms with Crippen LogP contribution in [0.3, 0.4) is 0 Å². The monoisotopic (exact) mass is 331 g/mol. The molecule has 0 bridgehead atoms. The van der Waals surface area contributed by atoms with Gasteiger partial charge in [-0.25, -0.2) is 4.68 Å². The number of aromatic nitrogens is 4. The second kappa shape index (κ2) is 6.83. The normalized spacial score (nSPS) is 10.9. The lowest BCUT2D eigenvalue weighted by molar-refractivity contribution is 0.527. The second-order valence-electron chi connectivity index (χ2n) is 5.26. The molecule has 0 aliphatic carbocycles. The summed E-state index contributed by atoms with van der Waals surface area (Å²) in [5, 5.41) is 15.5. The van der Waals surface area contributed by atoms with E-state index in [0.717, 1.165) is 40.6 Å². The van der Waals surface area contributed by atoms with Gasteiger partial charge in [0.1, 0.15) is 11.5 Å². The van der Waals surface area contributed by atoms with Crippen LogP contribution in [0.1, 0.15) is 24.7 Å². The molecule has 2 heterocycles. The van der Waals surface area contributed by atoms with Gasteiger partial charge >= 0.3 is 0 Å². The van der Waals surface area contributed by atoms with Crippen LogP contribution in [0.4, 0.5) is 5.95 Å². The lowest BCUT2D eigenvalue weighted by Crippen LogP contribution is -2.08. The highest BCUT2D eigenvalue weighted by molar-refractivity contribution is 6.31. The third-order valence-corrected chi connectivity index (χ3v) is 3.99. The Labute approximate surface area is 139 Å². The first-order valence-corrected chi connectivity index (χ1v) is 7.91. The summed E-state index contributed by atoms with van der Waals surface area (Å²) in [5.74, 6) is 2.25. The molecule has 0 fully saturated rings. The Kier molecular flexibility index (Phi) is 4.62. The smallest absolute Gasteiger partial charge is 0.243 e. The zero-order valence-corrected chi connectivity index (χ0v) is 13.8. The van der Waals surface area contributed by atoms with Crippen LogP contribution in [-0.4, -0.2) is 20.2 Å². The number of anilines is 1. The van der Waals surface area contributed by atoms with E-state index in [2.05, 4.69) is 27.8 Å². The number of hydrogen-bond donors (Lipinski definition) is 1. The quantitative estimate of drug-likeness (QED) is 0.741. The minimum Gasteiger partial charge on any atom is -0.459 e. The van der Waals surface area contributed by atoms with Gasteiger partial charge in [-0.05, 0) is 47.5 Å². The fraction of sp³-hybridized carbons (Fsp3) is 0.312. The van der Waals surface area contributed by atoms with E-state index in [4.69, 9.17) is 16.0 Å². The van der Waals surface area contributed by atoms with Gasteiger partial charge < -0.3 is 9.73 Å². The van der Waals surface area contributed by atoms with Crippen LogP contribution >= 0.6 is 11.6 Å². The molecule has 7 heteroatoms. The molecule has 6 nitrogen and oxygen atoms in total. The van der Waals surface area contributed by atoms with Crippen LogP contribution in [0.2, 0.25) is 5.02 Å². The first-order valence-electron chi connectivity index (χ1n) is 7.53. The van der Waals surface area contributed by atoms with Gasteiger partial charge in [0.05, 0.1) is 6.54 Å². The molecule has 0 aliphatic rings. The Balaban J connectivity index is 1.72. The van der Waals surface area contributed by atoms with Crippen molar-refractivity contribution in [1.82, 2.24) is 20.2 Å². The molecule has 0 aliphatic heterocycles. The molecule has 0 atom stereocenters. The minimum absolute atomic E-state index is 0.518. The Morgan fingerprint density at radius 3 is 2.96 bits per heavy atom. The van der Waals surface area contributed by atoms with Crippen LogP contribution in [0.5, 0.6) is 0 Å². The summed E-state index contributed by atoms with van der Waals surface area (Å²) in [5.41, 5.74) is 2.01. The highest BCUT2D eigenvalue weighted by atomic mass is 35.5. The lowest BCUT2D eigenvalue weighted by atomic mass is 10.1. The molecule has 0 unspecified atom stereocenters. The molecule has 0 amide bonds. The van der Waals surface area contributed by atoms with E-state index in [-0.39, 0.29) is 0 Å². The predicted molar refractivity (Wildman–Crippen MR) is 89.3 cm³/mol. The zero-order chi connectivity index (χ0) is 16.2. The molecule has 0 saturated heterocycles. The molecule has 3 aromatic rings. The van der Waals surface area contributed by atoms with Crippen molar-refractivity contribution in [2.24, 2.45) is 0 Å². The number of rotatable bonds is 6. The molecule has 1 aromatic carbocycles. The van der Waals surface area contributed by atoms with Crippen molar-refractivity contribution in [3.05, 3.63) is 46.7 Å². The second-order valence-corrected chi connectivity index (χ2v) is 5.66. The maximum Gasteiger partial charge on any atom is 0.243 e.